The van der Waals surface area contributed by atoms with Gasteiger partial charge in [0.2, 0.25) is 0 Å². The van der Waals surface area contributed by atoms with Gasteiger partial charge in [-0.2, -0.15) is 0 Å². The molecule has 2 saturated carbocycles. The molecule has 23 heavy (non-hydrogen) atoms. The normalized spacial score (nSPS) is 32.0. The zero-order valence-electron chi connectivity index (χ0n) is 14.4. The average molecular weight is 320 g/mol. The van der Waals surface area contributed by atoms with Gasteiger partial charge in [-0.15, -0.1) is 0 Å². The quantitative estimate of drug-likeness (QED) is 0.569. The van der Waals surface area contributed by atoms with E-state index in [2.05, 4.69) is 6.92 Å². The molecular formula is C21H30F2. The molecule has 3 rings (SSSR count). The van der Waals surface area contributed by atoms with Gasteiger partial charge in [-0.25, -0.2) is 8.78 Å². The minimum Gasteiger partial charge on any atom is -0.207 e. The lowest BCUT2D eigenvalue weighted by atomic mass is 9.74. The third-order valence-corrected chi connectivity index (χ3v) is 6.32. The molecule has 0 unspecified atom stereocenters. The van der Waals surface area contributed by atoms with E-state index in [0.29, 0.717) is 5.92 Å². The van der Waals surface area contributed by atoms with Crippen LogP contribution in [0.1, 0.15) is 82.6 Å². The van der Waals surface area contributed by atoms with Crippen LogP contribution in [-0.4, -0.2) is 0 Å². The zero-order valence-corrected chi connectivity index (χ0v) is 14.4. The van der Waals surface area contributed by atoms with Gasteiger partial charge in [0.05, 0.1) is 0 Å². The molecule has 0 amide bonds. The minimum absolute atomic E-state index is 0.354. The third-order valence-electron chi connectivity index (χ3n) is 6.32. The minimum atomic E-state index is -0.436. The summed E-state index contributed by atoms with van der Waals surface area (Å²) in [6, 6.07) is 4.02. The van der Waals surface area contributed by atoms with Crippen molar-refractivity contribution in [1.29, 1.82) is 0 Å². The zero-order chi connectivity index (χ0) is 16.2. The summed E-state index contributed by atoms with van der Waals surface area (Å²) in [6.07, 6.45) is 13.1. The lowest BCUT2D eigenvalue weighted by Gasteiger charge is -2.31. The molecule has 0 saturated heterocycles. The number of rotatable bonds is 4. The molecule has 0 radical (unpaired) electrons. The van der Waals surface area contributed by atoms with Crippen LogP contribution in [0.5, 0.6) is 0 Å². The first-order valence-electron chi connectivity index (χ1n) is 9.56. The molecule has 0 heterocycles. The number of benzene rings is 1. The van der Waals surface area contributed by atoms with Gasteiger partial charge in [0.1, 0.15) is 11.6 Å². The van der Waals surface area contributed by atoms with Crippen LogP contribution >= 0.6 is 0 Å². The van der Waals surface area contributed by atoms with Crippen molar-refractivity contribution in [1.82, 2.24) is 0 Å². The van der Waals surface area contributed by atoms with Crippen LogP contribution in [0.25, 0.3) is 0 Å². The van der Waals surface area contributed by atoms with Gasteiger partial charge in [-0.05, 0) is 67.1 Å². The van der Waals surface area contributed by atoms with Crippen molar-refractivity contribution in [3.63, 3.8) is 0 Å². The maximum absolute atomic E-state index is 13.4. The second-order valence-corrected chi connectivity index (χ2v) is 8.12. The second-order valence-electron chi connectivity index (χ2n) is 8.12. The first kappa shape index (κ1) is 16.9. The summed E-state index contributed by atoms with van der Waals surface area (Å²) < 4.78 is 26.7. The summed E-state index contributed by atoms with van der Waals surface area (Å²) in [4.78, 5) is 0. The molecule has 2 heteroatoms. The molecule has 0 bridgehead atoms. The van der Waals surface area contributed by atoms with E-state index >= 15 is 0 Å². The van der Waals surface area contributed by atoms with Crippen molar-refractivity contribution < 1.29 is 8.78 Å². The van der Waals surface area contributed by atoms with E-state index in [4.69, 9.17) is 0 Å². The Morgan fingerprint density at radius 3 is 1.74 bits per heavy atom. The summed E-state index contributed by atoms with van der Waals surface area (Å²) in [6.45, 7) is 2.38. The van der Waals surface area contributed by atoms with Crippen molar-refractivity contribution >= 4 is 0 Å². The standard InChI is InChI=1S/C21H30F2/c1-15-2-4-16(5-3-15)6-7-17-8-10-18(11-9-17)19-12-20(22)14-21(23)13-19/h12-18H,2-11H2,1H3. The van der Waals surface area contributed by atoms with E-state index in [0.717, 1.165) is 42.2 Å². The fourth-order valence-corrected chi connectivity index (χ4v) is 4.68. The topological polar surface area (TPSA) is 0 Å². The second kappa shape index (κ2) is 7.77. The maximum Gasteiger partial charge on any atom is 0.126 e. The van der Waals surface area contributed by atoms with E-state index in [-0.39, 0.29) is 0 Å². The molecule has 2 aliphatic rings. The molecule has 1 aromatic carbocycles. The van der Waals surface area contributed by atoms with Crippen LogP contribution < -0.4 is 0 Å². The Balaban J connectivity index is 1.43. The molecular weight excluding hydrogens is 290 g/mol. The molecule has 0 spiro atoms. The number of hydrogen-bond donors (Lipinski definition) is 0. The Morgan fingerprint density at radius 2 is 1.22 bits per heavy atom. The number of hydrogen-bond acceptors (Lipinski definition) is 0. The Bertz CT molecular complexity index is 474. The van der Waals surface area contributed by atoms with E-state index in [1.165, 1.54) is 63.5 Å². The third kappa shape index (κ3) is 4.78. The lowest BCUT2D eigenvalue weighted by molar-refractivity contribution is 0.237. The van der Waals surface area contributed by atoms with Gasteiger partial charge >= 0.3 is 0 Å². The molecule has 0 nitrogen and oxygen atoms in total. The summed E-state index contributed by atoms with van der Waals surface area (Å²) in [5.74, 6) is 2.22. The van der Waals surface area contributed by atoms with Crippen molar-refractivity contribution in [2.24, 2.45) is 17.8 Å². The predicted octanol–water partition coefficient (Wildman–Crippen LogP) is 6.85. The summed E-state index contributed by atoms with van der Waals surface area (Å²) in [5, 5.41) is 0. The highest BCUT2D eigenvalue weighted by Crippen LogP contribution is 2.39. The fourth-order valence-electron chi connectivity index (χ4n) is 4.68. The lowest BCUT2D eigenvalue weighted by Crippen LogP contribution is -2.17. The molecule has 0 aromatic heterocycles. The van der Waals surface area contributed by atoms with Gasteiger partial charge in [0, 0.05) is 6.07 Å². The van der Waals surface area contributed by atoms with Crippen LogP contribution in [0.4, 0.5) is 8.78 Å². The van der Waals surface area contributed by atoms with Crippen LogP contribution in [0.15, 0.2) is 18.2 Å². The van der Waals surface area contributed by atoms with Gasteiger partial charge < -0.3 is 0 Å². The Labute approximate surface area is 139 Å². The van der Waals surface area contributed by atoms with Crippen molar-refractivity contribution in [3.8, 4) is 0 Å². The smallest absolute Gasteiger partial charge is 0.126 e. The molecule has 2 aliphatic carbocycles. The fraction of sp³-hybridized carbons (Fsp3) is 0.714. The van der Waals surface area contributed by atoms with E-state index < -0.39 is 11.6 Å². The van der Waals surface area contributed by atoms with E-state index in [1.807, 2.05) is 0 Å². The van der Waals surface area contributed by atoms with Gasteiger partial charge in [-0.3, -0.25) is 0 Å². The molecule has 1 aromatic rings. The average Bonchev–Trinajstić information content (AvgIpc) is 2.54. The Kier molecular flexibility index (Phi) is 5.71. The van der Waals surface area contributed by atoms with Crippen molar-refractivity contribution in [2.75, 3.05) is 0 Å². The molecule has 128 valence electrons. The van der Waals surface area contributed by atoms with E-state index in [1.54, 1.807) is 0 Å². The number of halogens is 2. The first-order valence-corrected chi connectivity index (χ1v) is 9.56. The highest BCUT2D eigenvalue weighted by molar-refractivity contribution is 5.22. The molecule has 0 aliphatic heterocycles. The molecule has 0 N–H and O–H groups in total. The van der Waals surface area contributed by atoms with Crippen LogP contribution in [0, 0.1) is 29.4 Å². The van der Waals surface area contributed by atoms with Gasteiger partial charge in [0.15, 0.2) is 0 Å². The van der Waals surface area contributed by atoms with Gasteiger partial charge in [0.25, 0.3) is 0 Å². The first-order chi connectivity index (χ1) is 11.1. The largest absolute Gasteiger partial charge is 0.207 e. The highest BCUT2D eigenvalue weighted by Gasteiger charge is 2.25. The summed E-state index contributed by atoms with van der Waals surface area (Å²) in [7, 11) is 0. The Hall–Kier alpha value is -0.920. The monoisotopic (exact) mass is 320 g/mol. The maximum atomic E-state index is 13.4. The Morgan fingerprint density at radius 1 is 0.739 bits per heavy atom. The van der Waals surface area contributed by atoms with Crippen LogP contribution in [0.2, 0.25) is 0 Å². The van der Waals surface area contributed by atoms with Crippen molar-refractivity contribution in [2.45, 2.75) is 77.0 Å². The molecule has 0 atom stereocenters. The van der Waals surface area contributed by atoms with Crippen LogP contribution in [0.3, 0.4) is 0 Å². The summed E-state index contributed by atoms with van der Waals surface area (Å²) >= 11 is 0. The SMILES string of the molecule is CC1CCC(CCC2CCC(c3cc(F)cc(F)c3)CC2)CC1. The summed E-state index contributed by atoms with van der Waals surface area (Å²) in [5.41, 5.74) is 0.863. The highest BCUT2D eigenvalue weighted by atomic mass is 19.1. The predicted molar refractivity (Wildman–Crippen MR) is 91.4 cm³/mol. The van der Waals surface area contributed by atoms with Gasteiger partial charge in [-0.1, -0.05) is 45.4 Å². The van der Waals surface area contributed by atoms with E-state index in [9.17, 15) is 8.78 Å². The van der Waals surface area contributed by atoms with Crippen molar-refractivity contribution in [3.05, 3.63) is 35.4 Å². The van der Waals surface area contributed by atoms with Crippen LogP contribution in [-0.2, 0) is 0 Å². The molecule has 2 fully saturated rings.